The van der Waals surface area contributed by atoms with Crippen LogP contribution in [0.1, 0.15) is 19.4 Å². The third-order valence-electron chi connectivity index (χ3n) is 2.81. The number of nitrogens with zero attached hydrogens (tertiary/aromatic N) is 4. The molecule has 0 aliphatic heterocycles. The summed E-state index contributed by atoms with van der Waals surface area (Å²) in [6.45, 7) is 3.67. The van der Waals surface area contributed by atoms with Crippen LogP contribution in [0.2, 0.25) is 0 Å². The summed E-state index contributed by atoms with van der Waals surface area (Å²) in [7, 11) is 0. The Bertz CT molecular complexity index is 567. The predicted molar refractivity (Wildman–Crippen MR) is 70.3 cm³/mol. The van der Waals surface area contributed by atoms with E-state index in [-0.39, 0.29) is 17.9 Å². The highest BCUT2D eigenvalue weighted by molar-refractivity contribution is 5.71. The first-order chi connectivity index (χ1) is 9.42. The fourth-order valence-electron chi connectivity index (χ4n) is 1.72. The zero-order chi connectivity index (χ0) is 15.3. The lowest BCUT2D eigenvalue weighted by Gasteiger charge is -2.23. The van der Waals surface area contributed by atoms with Crippen molar-refractivity contribution in [2.75, 3.05) is 18.0 Å². The van der Waals surface area contributed by atoms with Crippen molar-refractivity contribution in [3.8, 4) is 6.07 Å². The van der Waals surface area contributed by atoms with E-state index in [2.05, 4.69) is 4.98 Å². The molecule has 8 nitrogen and oxygen atoms in total. The Balaban J connectivity index is 3.25. The maximum atomic E-state index is 11.1. The number of carboxylic acid groups (broad SMARTS) is 1. The van der Waals surface area contributed by atoms with Crippen molar-refractivity contribution in [1.82, 2.24) is 4.98 Å². The topological polar surface area (TPSA) is 120 Å². The summed E-state index contributed by atoms with van der Waals surface area (Å²) in [5.41, 5.74) is -0.490. The molecule has 0 spiro atoms. The molecule has 0 bridgehead atoms. The predicted octanol–water partition coefficient (Wildman–Crippen LogP) is 1.41. The van der Waals surface area contributed by atoms with Crippen LogP contribution in [0.3, 0.4) is 0 Å². The van der Waals surface area contributed by atoms with Crippen LogP contribution in [0.25, 0.3) is 0 Å². The zero-order valence-electron chi connectivity index (χ0n) is 11.1. The summed E-state index contributed by atoms with van der Waals surface area (Å²) in [4.78, 5) is 26.7. The lowest BCUT2D eigenvalue weighted by molar-refractivity contribution is -0.384. The van der Waals surface area contributed by atoms with E-state index in [9.17, 15) is 14.9 Å². The fourth-order valence-corrected chi connectivity index (χ4v) is 1.72. The number of aromatic nitrogens is 1. The second kappa shape index (κ2) is 6.47. The molecule has 1 aromatic heterocycles. The van der Waals surface area contributed by atoms with Crippen LogP contribution in [0, 0.1) is 27.4 Å². The molecule has 1 rings (SSSR count). The number of carboxylic acids is 1. The minimum Gasteiger partial charge on any atom is -0.481 e. The van der Waals surface area contributed by atoms with Gasteiger partial charge in [-0.1, -0.05) is 6.92 Å². The van der Waals surface area contributed by atoms with Gasteiger partial charge in [0.05, 0.1) is 10.8 Å². The second-order valence-electron chi connectivity index (χ2n) is 4.18. The van der Waals surface area contributed by atoms with Crippen molar-refractivity contribution in [2.24, 2.45) is 5.92 Å². The van der Waals surface area contributed by atoms with Gasteiger partial charge in [-0.25, -0.2) is 4.98 Å². The Morgan fingerprint density at radius 3 is 2.80 bits per heavy atom. The van der Waals surface area contributed by atoms with Gasteiger partial charge in [0.1, 0.15) is 11.6 Å². The summed E-state index contributed by atoms with van der Waals surface area (Å²) in [6.07, 6.45) is 1.30. The van der Waals surface area contributed by atoms with Crippen molar-refractivity contribution in [2.45, 2.75) is 13.8 Å². The minimum atomic E-state index is -0.998. The molecule has 0 fully saturated rings. The van der Waals surface area contributed by atoms with Gasteiger partial charge in [-0.3, -0.25) is 14.9 Å². The quantitative estimate of drug-likeness (QED) is 0.616. The first kappa shape index (κ1) is 15.4. The number of hydrogen-bond acceptors (Lipinski definition) is 6. The van der Waals surface area contributed by atoms with E-state index < -0.39 is 22.5 Å². The first-order valence-corrected chi connectivity index (χ1v) is 5.93. The van der Waals surface area contributed by atoms with Crippen LogP contribution in [0.5, 0.6) is 0 Å². The monoisotopic (exact) mass is 278 g/mol. The Morgan fingerprint density at radius 1 is 1.70 bits per heavy atom. The van der Waals surface area contributed by atoms with E-state index in [0.29, 0.717) is 6.54 Å². The number of hydrogen-bond donors (Lipinski definition) is 1. The van der Waals surface area contributed by atoms with E-state index in [1.54, 1.807) is 13.0 Å². The van der Waals surface area contributed by atoms with Gasteiger partial charge in [-0.15, -0.1) is 0 Å². The van der Waals surface area contributed by atoms with Gasteiger partial charge < -0.3 is 10.0 Å². The average molecular weight is 278 g/mol. The average Bonchev–Trinajstić information content (AvgIpc) is 2.43. The molecular weight excluding hydrogens is 264 g/mol. The van der Waals surface area contributed by atoms with E-state index >= 15 is 0 Å². The maximum Gasteiger partial charge on any atom is 0.329 e. The largest absolute Gasteiger partial charge is 0.481 e. The molecular formula is C12H14N4O4. The van der Waals surface area contributed by atoms with E-state index in [1.807, 2.05) is 0 Å². The van der Waals surface area contributed by atoms with Crippen molar-refractivity contribution in [3.05, 3.63) is 27.9 Å². The molecule has 0 saturated carbocycles. The molecule has 8 heteroatoms. The summed E-state index contributed by atoms with van der Waals surface area (Å²) >= 11 is 0. The molecule has 0 saturated heterocycles. The number of pyridine rings is 1. The van der Waals surface area contributed by atoms with Gasteiger partial charge in [-0.2, -0.15) is 5.26 Å². The number of nitro groups is 1. The Labute approximate surface area is 115 Å². The molecule has 0 amide bonds. The lowest BCUT2D eigenvalue weighted by Crippen LogP contribution is -2.32. The van der Waals surface area contributed by atoms with Crippen molar-refractivity contribution in [3.63, 3.8) is 0 Å². The summed E-state index contributed by atoms with van der Waals surface area (Å²) < 4.78 is 0. The molecule has 1 unspecified atom stereocenters. The van der Waals surface area contributed by atoms with E-state index in [1.165, 1.54) is 24.1 Å². The van der Waals surface area contributed by atoms with Crippen molar-refractivity contribution >= 4 is 17.5 Å². The van der Waals surface area contributed by atoms with Crippen LogP contribution in [0.4, 0.5) is 11.5 Å². The van der Waals surface area contributed by atoms with Gasteiger partial charge in [0.15, 0.2) is 0 Å². The van der Waals surface area contributed by atoms with Gasteiger partial charge in [0.2, 0.25) is 5.82 Å². The first-order valence-electron chi connectivity index (χ1n) is 5.93. The van der Waals surface area contributed by atoms with Gasteiger partial charge in [0, 0.05) is 19.3 Å². The van der Waals surface area contributed by atoms with Crippen LogP contribution in [-0.4, -0.2) is 34.1 Å². The van der Waals surface area contributed by atoms with E-state index in [4.69, 9.17) is 10.4 Å². The van der Waals surface area contributed by atoms with Gasteiger partial charge in [-0.05, 0) is 13.0 Å². The lowest BCUT2D eigenvalue weighted by atomic mass is 10.1. The highest BCUT2D eigenvalue weighted by atomic mass is 16.6. The molecule has 20 heavy (non-hydrogen) atoms. The third kappa shape index (κ3) is 3.20. The summed E-state index contributed by atoms with van der Waals surface area (Å²) in [5, 5.41) is 29.0. The SMILES string of the molecule is CCN(CC(C)C(=O)O)c1nccc(C#N)c1[N+](=O)[O-]. The molecule has 0 aliphatic rings. The zero-order valence-corrected chi connectivity index (χ0v) is 11.1. The van der Waals surface area contributed by atoms with Crippen molar-refractivity contribution < 1.29 is 14.8 Å². The highest BCUT2D eigenvalue weighted by Crippen LogP contribution is 2.29. The molecule has 1 aromatic rings. The van der Waals surface area contributed by atoms with Crippen LogP contribution >= 0.6 is 0 Å². The molecule has 0 radical (unpaired) electrons. The second-order valence-corrected chi connectivity index (χ2v) is 4.18. The van der Waals surface area contributed by atoms with Crippen LogP contribution in [0.15, 0.2) is 12.3 Å². The summed E-state index contributed by atoms with van der Waals surface area (Å²) in [6, 6.07) is 3.01. The molecule has 1 atom stereocenters. The third-order valence-corrected chi connectivity index (χ3v) is 2.81. The fraction of sp³-hybridized carbons (Fsp3) is 0.417. The molecule has 1 N–H and O–H groups in total. The van der Waals surface area contributed by atoms with Crippen LogP contribution in [-0.2, 0) is 4.79 Å². The maximum absolute atomic E-state index is 11.1. The Morgan fingerprint density at radius 2 is 2.35 bits per heavy atom. The Hall–Kier alpha value is -2.69. The molecule has 0 aromatic carbocycles. The van der Waals surface area contributed by atoms with E-state index in [0.717, 1.165) is 0 Å². The Kier molecular flexibility index (Phi) is 4.97. The molecule has 106 valence electrons. The molecule has 0 aliphatic carbocycles. The molecule has 1 heterocycles. The standard InChI is InChI=1S/C12H14N4O4/c1-3-15(7-8(2)12(17)18)11-10(16(19)20)9(6-13)4-5-14-11/h4-5,8H,3,7H2,1-2H3,(H,17,18). The number of rotatable bonds is 6. The van der Waals surface area contributed by atoms with Crippen molar-refractivity contribution in [1.29, 1.82) is 5.26 Å². The normalized spacial score (nSPS) is 11.4. The van der Waals surface area contributed by atoms with Gasteiger partial charge in [0.25, 0.3) is 0 Å². The van der Waals surface area contributed by atoms with Gasteiger partial charge >= 0.3 is 11.7 Å². The number of carbonyl (C=O) groups is 1. The minimum absolute atomic E-state index is 0.0182. The number of anilines is 1. The number of nitriles is 1. The van der Waals surface area contributed by atoms with Crippen LogP contribution < -0.4 is 4.90 Å². The highest BCUT2D eigenvalue weighted by Gasteiger charge is 2.26. The number of aliphatic carboxylic acids is 1. The smallest absolute Gasteiger partial charge is 0.329 e. The summed E-state index contributed by atoms with van der Waals surface area (Å²) in [5.74, 6) is -1.69.